The zero-order valence-electron chi connectivity index (χ0n) is 3.70. The van der Waals surface area contributed by atoms with E-state index in [2.05, 4.69) is 0 Å². The van der Waals surface area contributed by atoms with Gasteiger partial charge in [-0.2, -0.15) is 0 Å². The van der Waals surface area contributed by atoms with Gasteiger partial charge in [-0.15, -0.1) is 0 Å². The molecule has 0 atom stereocenters. The molecular weight excluding hydrogens is 92.1 g/mol. The quantitative estimate of drug-likeness (QED) is 0.412. The first kappa shape index (κ1) is 4.56. The largest absolute Gasteiger partial charge is 0.359 e. The molecule has 1 aliphatic carbocycles. The van der Waals surface area contributed by atoms with Crippen molar-refractivity contribution in [2.24, 2.45) is 0 Å². The lowest BCUT2D eigenvalue weighted by Crippen LogP contribution is -2.18. The summed E-state index contributed by atoms with van der Waals surface area (Å²) in [7, 11) is 0. The van der Waals surface area contributed by atoms with Crippen molar-refractivity contribution < 1.29 is 10.2 Å². The molecule has 0 aromatic carbocycles. The highest BCUT2D eigenvalue weighted by Crippen LogP contribution is 2.08. The molecule has 1 rings (SSSR count). The van der Waals surface area contributed by atoms with E-state index in [9.17, 15) is 0 Å². The van der Waals surface area contributed by atoms with Crippen LogP contribution in [0.15, 0.2) is 24.3 Å². The van der Waals surface area contributed by atoms with E-state index < -0.39 is 5.79 Å². The Morgan fingerprint density at radius 3 is 1.57 bits per heavy atom. The Kier molecular flexibility index (Phi) is 0.770. The molecule has 0 heterocycles. The minimum absolute atomic E-state index is 1.30. The van der Waals surface area contributed by atoms with E-state index in [-0.39, 0.29) is 0 Å². The standard InChI is InChI=1S/C5H6O2/c6-5(7)3-1-2-4-5/h1-4,6-7H. The molecule has 2 N–H and O–H groups in total. The molecule has 0 fully saturated rings. The molecule has 2 nitrogen and oxygen atoms in total. The van der Waals surface area contributed by atoms with E-state index >= 15 is 0 Å². The fourth-order valence-electron chi connectivity index (χ4n) is 0.450. The molecule has 0 radical (unpaired) electrons. The highest BCUT2D eigenvalue weighted by molar-refractivity contribution is 5.22. The highest BCUT2D eigenvalue weighted by Gasteiger charge is 2.15. The molecule has 38 valence electrons. The van der Waals surface area contributed by atoms with E-state index in [1.807, 2.05) is 0 Å². The van der Waals surface area contributed by atoms with Gasteiger partial charge in [-0.1, -0.05) is 12.2 Å². The summed E-state index contributed by atoms with van der Waals surface area (Å²) in [6.45, 7) is 0. The van der Waals surface area contributed by atoms with Crippen LogP contribution in [0, 0.1) is 0 Å². The van der Waals surface area contributed by atoms with Gasteiger partial charge in [-0.25, -0.2) is 0 Å². The van der Waals surface area contributed by atoms with Crippen LogP contribution < -0.4 is 0 Å². The van der Waals surface area contributed by atoms with Gasteiger partial charge in [0.1, 0.15) is 0 Å². The summed E-state index contributed by atoms with van der Waals surface area (Å²) >= 11 is 0. The fraction of sp³-hybridized carbons (Fsp3) is 0.200. The molecule has 0 saturated heterocycles. The van der Waals surface area contributed by atoms with Crippen molar-refractivity contribution in [3.8, 4) is 0 Å². The maximum Gasteiger partial charge on any atom is 0.203 e. The Hall–Kier alpha value is -0.600. The molecule has 0 aromatic rings. The molecular formula is C5H6O2. The van der Waals surface area contributed by atoms with Crippen molar-refractivity contribution in [2.45, 2.75) is 5.79 Å². The van der Waals surface area contributed by atoms with Crippen molar-refractivity contribution in [1.29, 1.82) is 0 Å². The summed E-state index contributed by atoms with van der Waals surface area (Å²) < 4.78 is 0. The number of rotatable bonds is 0. The van der Waals surface area contributed by atoms with Gasteiger partial charge in [0.05, 0.1) is 0 Å². The molecule has 0 amide bonds. The molecule has 0 bridgehead atoms. The van der Waals surface area contributed by atoms with Crippen LogP contribution >= 0.6 is 0 Å². The Morgan fingerprint density at radius 1 is 1.00 bits per heavy atom. The molecule has 0 saturated carbocycles. The predicted octanol–water partition coefficient (Wildman–Crippen LogP) is -0.207. The lowest BCUT2D eigenvalue weighted by atomic mass is 10.3. The van der Waals surface area contributed by atoms with Gasteiger partial charge in [0.25, 0.3) is 0 Å². The molecule has 0 unspecified atom stereocenters. The van der Waals surface area contributed by atoms with Crippen molar-refractivity contribution in [3.05, 3.63) is 24.3 Å². The fourth-order valence-corrected chi connectivity index (χ4v) is 0.450. The zero-order chi connectivity index (χ0) is 5.33. The van der Waals surface area contributed by atoms with E-state index in [4.69, 9.17) is 10.2 Å². The van der Waals surface area contributed by atoms with Crippen molar-refractivity contribution in [2.75, 3.05) is 0 Å². The van der Waals surface area contributed by atoms with Crippen LogP contribution in [0.5, 0.6) is 0 Å². The van der Waals surface area contributed by atoms with Gasteiger partial charge in [0.2, 0.25) is 5.79 Å². The molecule has 1 aliphatic rings. The number of aliphatic hydroxyl groups is 2. The van der Waals surface area contributed by atoms with Gasteiger partial charge in [-0.3, -0.25) is 0 Å². The topological polar surface area (TPSA) is 40.5 Å². The van der Waals surface area contributed by atoms with Crippen LogP contribution in [0.4, 0.5) is 0 Å². The van der Waals surface area contributed by atoms with E-state index in [1.165, 1.54) is 12.2 Å². The molecule has 0 spiro atoms. The Bertz CT molecular complexity index is 108. The van der Waals surface area contributed by atoms with Crippen LogP contribution in [0.1, 0.15) is 0 Å². The summed E-state index contributed by atoms with van der Waals surface area (Å²) in [6, 6.07) is 0. The third kappa shape index (κ3) is 0.885. The summed E-state index contributed by atoms with van der Waals surface area (Å²) in [6.07, 6.45) is 5.76. The Labute approximate surface area is 41.4 Å². The van der Waals surface area contributed by atoms with Gasteiger partial charge >= 0.3 is 0 Å². The first-order chi connectivity index (χ1) is 3.21. The van der Waals surface area contributed by atoms with Gasteiger partial charge in [-0.05, 0) is 12.2 Å². The second kappa shape index (κ2) is 1.18. The van der Waals surface area contributed by atoms with Crippen LogP contribution in [0.2, 0.25) is 0 Å². The summed E-state index contributed by atoms with van der Waals surface area (Å²) in [5, 5.41) is 17.2. The van der Waals surface area contributed by atoms with Crippen molar-refractivity contribution >= 4 is 0 Å². The molecule has 0 aromatic heterocycles. The van der Waals surface area contributed by atoms with Crippen LogP contribution in [0.25, 0.3) is 0 Å². The normalized spacial score (nSPS) is 23.7. The maximum absolute atomic E-state index is 8.58. The number of allylic oxidation sites excluding steroid dienone is 2. The van der Waals surface area contributed by atoms with Gasteiger partial charge < -0.3 is 10.2 Å². The minimum Gasteiger partial charge on any atom is -0.359 e. The number of hydrogen-bond acceptors (Lipinski definition) is 2. The molecule has 7 heavy (non-hydrogen) atoms. The lowest BCUT2D eigenvalue weighted by molar-refractivity contribution is -0.0720. The van der Waals surface area contributed by atoms with E-state index in [0.717, 1.165) is 0 Å². The minimum atomic E-state index is -1.67. The first-order valence-corrected chi connectivity index (χ1v) is 2.02. The van der Waals surface area contributed by atoms with E-state index in [0.29, 0.717) is 0 Å². The summed E-state index contributed by atoms with van der Waals surface area (Å²) in [4.78, 5) is 0. The second-order valence-corrected chi connectivity index (χ2v) is 1.50. The SMILES string of the molecule is OC1(O)C=CC=C1. The van der Waals surface area contributed by atoms with Crippen molar-refractivity contribution in [3.63, 3.8) is 0 Å². The second-order valence-electron chi connectivity index (χ2n) is 1.50. The highest BCUT2D eigenvalue weighted by atomic mass is 16.5. The van der Waals surface area contributed by atoms with Crippen LogP contribution in [-0.2, 0) is 0 Å². The third-order valence-corrected chi connectivity index (χ3v) is 0.794. The zero-order valence-corrected chi connectivity index (χ0v) is 3.70. The predicted molar refractivity (Wildman–Crippen MR) is 25.4 cm³/mol. The van der Waals surface area contributed by atoms with Crippen molar-refractivity contribution in [1.82, 2.24) is 0 Å². The average Bonchev–Trinajstić information content (AvgIpc) is 1.84. The summed E-state index contributed by atoms with van der Waals surface area (Å²) in [5.41, 5.74) is 0. The smallest absolute Gasteiger partial charge is 0.203 e. The Balaban J connectivity index is 2.77. The van der Waals surface area contributed by atoms with E-state index in [1.54, 1.807) is 12.2 Å². The number of hydrogen-bond donors (Lipinski definition) is 2. The summed E-state index contributed by atoms with van der Waals surface area (Å²) in [5.74, 6) is -1.67. The lowest BCUT2D eigenvalue weighted by Gasteiger charge is -2.05. The van der Waals surface area contributed by atoms with Crippen LogP contribution in [0.3, 0.4) is 0 Å². The maximum atomic E-state index is 8.58. The average molecular weight is 98.1 g/mol. The monoisotopic (exact) mass is 98.0 g/mol. The van der Waals surface area contributed by atoms with Gasteiger partial charge in [0.15, 0.2) is 0 Å². The first-order valence-electron chi connectivity index (χ1n) is 2.02. The molecule has 2 heteroatoms. The Morgan fingerprint density at radius 2 is 1.43 bits per heavy atom. The molecule has 0 aliphatic heterocycles. The van der Waals surface area contributed by atoms with Crippen LogP contribution in [-0.4, -0.2) is 16.0 Å². The third-order valence-electron chi connectivity index (χ3n) is 0.794. The van der Waals surface area contributed by atoms with Gasteiger partial charge in [0, 0.05) is 0 Å².